The number of carbonyl (C=O) groups excluding carboxylic acids is 1. The van der Waals surface area contributed by atoms with Crippen molar-refractivity contribution in [3.8, 4) is 0 Å². The van der Waals surface area contributed by atoms with Crippen LogP contribution in [0.25, 0.3) is 0 Å². The molecule has 4 atom stereocenters. The minimum Gasteiger partial charge on any atom is -0.481 e. The van der Waals surface area contributed by atoms with Crippen molar-refractivity contribution in [3.63, 3.8) is 0 Å². The monoisotopic (exact) mass is 309 g/mol. The number of aliphatic hydroxyl groups excluding tert-OH is 5. The lowest BCUT2D eigenvalue weighted by Gasteiger charge is -2.24. The van der Waals surface area contributed by atoms with Crippen molar-refractivity contribution in [2.24, 2.45) is 0 Å². The predicted octanol–water partition coefficient (Wildman–Crippen LogP) is -2.82. The summed E-state index contributed by atoms with van der Waals surface area (Å²) in [6, 6.07) is 0. The first-order valence-corrected chi connectivity index (χ1v) is 6.63. The third kappa shape index (κ3) is 7.93. The van der Waals surface area contributed by atoms with Gasteiger partial charge in [-0.1, -0.05) is 6.42 Å². The van der Waals surface area contributed by atoms with E-state index in [0.717, 1.165) is 0 Å². The van der Waals surface area contributed by atoms with E-state index >= 15 is 0 Å². The number of hydrogen-bond donors (Lipinski definition) is 7. The molecule has 0 aliphatic carbocycles. The number of rotatable bonds is 11. The molecule has 0 fully saturated rings. The Kier molecular flexibility index (Phi) is 9.84. The van der Waals surface area contributed by atoms with Crippen molar-refractivity contribution in [3.05, 3.63) is 0 Å². The predicted molar refractivity (Wildman–Crippen MR) is 70.2 cm³/mol. The van der Waals surface area contributed by atoms with E-state index in [1.807, 2.05) is 0 Å². The molecule has 0 saturated heterocycles. The van der Waals surface area contributed by atoms with Gasteiger partial charge in [0.15, 0.2) is 6.10 Å². The number of nitrogens with one attached hydrogen (secondary N) is 1. The topological polar surface area (TPSA) is 168 Å². The van der Waals surface area contributed by atoms with Gasteiger partial charge in [-0.2, -0.15) is 0 Å². The van der Waals surface area contributed by atoms with E-state index < -0.39 is 42.9 Å². The number of amides is 1. The largest absolute Gasteiger partial charge is 0.481 e. The second kappa shape index (κ2) is 10.5. The smallest absolute Gasteiger partial charge is 0.303 e. The zero-order chi connectivity index (χ0) is 16.4. The van der Waals surface area contributed by atoms with E-state index in [2.05, 4.69) is 5.32 Å². The molecule has 0 radical (unpaired) electrons. The van der Waals surface area contributed by atoms with Gasteiger partial charge in [0.1, 0.15) is 18.3 Å². The molecule has 21 heavy (non-hydrogen) atoms. The molecule has 0 heterocycles. The summed E-state index contributed by atoms with van der Waals surface area (Å²) in [5.74, 6) is -1.82. The molecule has 0 aromatic rings. The fourth-order valence-electron chi connectivity index (χ4n) is 1.57. The molecule has 0 saturated carbocycles. The second-order valence-electron chi connectivity index (χ2n) is 4.67. The molecule has 0 aromatic carbocycles. The van der Waals surface area contributed by atoms with Crippen molar-refractivity contribution in [2.75, 3.05) is 13.2 Å². The maximum Gasteiger partial charge on any atom is 0.303 e. The van der Waals surface area contributed by atoms with Gasteiger partial charge < -0.3 is 36.0 Å². The van der Waals surface area contributed by atoms with Crippen molar-refractivity contribution in [1.82, 2.24) is 5.32 Å². The molecule has 0 aromatic heterocycles. The molecular weight excluding hydrogens is 286 g/mol. The first-order chi connectivity index (χ1) is 9.81. The van der Waals surface area contributed by atoms with E-state index in [4.69, 9.17) is 15.3 Å². The second-order valence-corrected chi connectivity index (χ2v) is 4.67. The standard InChI is InChI=1S/C12H23NO8/c14-6-7(15)9(18)10(19)11(20)12(21)13-5-3-1-2-4-8(16)17/h7,9-11,14-15,18-20H,1-6H2,(H,13,21)(H,16,17)/t7-,9-,10-,11-/m1/s1. The van der Waals surface area contributed by atoms with Gasteiger partial charge in [0, 0.05) is 13.0 Å². The van der Waals surface area contributed by atoms with Gasteiger partial charge in [0.2, 0.25) is 0 Å². The molecule has 124 valence electrons. The van der Waals surface area contributed by atoms with Crippen LogP contribution < -0.4 is 5.32 Å². The Morgan fingerprint density at radius 2 is 1.57 bits per heavy atom. The summed E-state index contributed by atoms with van der Waals surface area (Å²) in [5, 5.41) is 56.7. The first-order valence-electron chi connectivity index (χ1n) is 6.63. The first kappa shape index (κ1) is 19.7. The molecule has 0 spiro atoms. The van der Waals surface area contributed by atoms with Gasteiger partial charge in [-0.15, -0.1) is 0 Å². The molecule has 0 unspecified atom stereocenters. The Labute approximate surface area is 121 Å². The highest BCUT2D eigenvalue weighted by molar-refractivity contribution is 5.81. The SMILES string of the molecule is O=C(O)CCCCCNC(=O)[C@H](O)[C@H](O)[C@H](O)[C@H](O)CO. The Morgan fingerprint density at radius 1 is 0.952 bits per heavy atom. The van der Waals surface area contributed by atoms with Crippen molar-refractivity contribution in [1.29, 1.82) is 0 Å². The van der Waals surface area contributed by atoms with Gasteiger partial charge in [-0.25, -0.2) is 0 Å². The lowest BCUT2D eigenvalue weighted by Crippen LogP contribution is -2.51. The molecule has 0 aliphatic heterocycles. The number of carboxylic acids is 1. The summed E-state index contributed by atoms with van der Waals surface area (Å²) in [6.45, 7) is -0.642. The van der Waals surface area contributed by atoms with Crippen molar-refractivity contribution in [2.45, 2.75) is 50.1 Å². The quantitative estimate of drug-likeness (QED) is 0.201. The van der Waals surface area contributed by atoms with Crippen LogP contribution in [0.1, 0.15) is 25.7 Å². The maximum absolute atomic E-state index is 11.5. The average molecular weight is 309 g/mol. The zero-order valence-electron chi connectivity index (χ0n) is 11.6. The van der Waals surface area contributed by atoms with Crippen molar-refractivity contribution < 1.29 is 40.2 Å². The lowest BCUT2D eigenvalue weighted by molar-refractivity contribution is -0.149. The Balaban J connectivity index is 3.96. The molecule has 0 aliphatic rings. The minimum atomic E-state index is -1.94. The summed E-state index contributed by atoms with van der Waals surface area (Å²) in [7, 11) is 0. The van der Waals surface area contributed by atoms with Gasteiger partial charge >= 0.3 is 5.97 Å². The molecule has 9 nitrogen and oxygen atoms in total. The third-order valence-electron chi connectivity index (χ3n) is 2.89. The third-order valence-corrected chi connectivity index (χ3v) is 2.89. The number of hydrogen-bond acceptors (Lipinski definition) is 7. The van der Waals surface area contributed by atoms with E-state index in [9.17, 15) is 24.9 Å². The van der Waals surface area contributed by atoms with E-state index in [-0.39, 0.29) is 13.0 Å². The van der Waals surface area contributed by atoms with Crippen LogP contribution in [0.2, 0.25) is 0 Å². The average Bonchev–Trinajstić information content (AvgIpc) is 2.46. The summed E-state index contributed by atoms with van der Waals surface area (Å²) in [6.07, 6.45) is -5.80. The Hall–Kier alpha value is -1.26. The van der Waals surface area contributed by atoms with Gasteiger partial charge in [0.05, 0.1) is 6.61 Å². The number of unbranched alkanes of at least 4 members (excludes halogenated alkanes) is 2. The van der Waals surface area contributed by atoms with E-state index in [1.54, 1.807) is 0 Å². The van der Waals surface area contributed by atoms with Crippen LogP contribution in [0.3, 0.4) is 0 Å². The fourth-order valence-corrected chi connectivity index (χ4v) is 1.57. The highest BCUT2D eigenvalue weighted by Gasteiger charge is 2.33. The summed E-state index contributed by atoms with van der Waals surface area (Å²) in [4.78, 5) is 21.7. The van der Waals surface area contributed by atoms with Crippen LogP contribution in [-0.4, -0.2) is 80.1 Å². The molecule has 0 rings (SSSR count). The Bertz CT molecular complexity index is 324. The van der Waals surface area contributed by atoms with Crippen LogP contribution in [0.4, 0.5) is 0 Å². The zero-order valence-corrected chi connectivity index (χ0v) is 11.6. The molecule has 0 bridgehead atoms. The normalized spacial score (nSPS) is 16.8. The Morgan fingerprint density at radius 3 is 2.10 bits per heavy atom. The molecule has 9 heteroatoms. The molecular formula is C12H23NO8. The van der Waals surface area contributed by atoms with Crippen LogP contribution >= 0.6 is 0 Å². The summed E-state index contributed by atoms with van der Waals surface area (Å²) >= 11 is 0. The fraction of sp³-hybridized carbons (Fsp3) is 0.833. The van der Waals surface area contributed by atoms with Gasteiger partial charge in [-0.05, 0) is 12.8 Å². The molecule has 7 N–H and O–H groups in total. The highest BCUT2D eigenvalue weighted by Crippen LogP contribution is 2.05. The number of carboxylic acid groups (broad SMARTS) is 1. The number of aliphatic hydroxyl groups is 5. The summed E-state index contributed by atoms with van der Waals surface area (Å²) in [5.41, 5.74) is 0. The van der Waals surface area contributed by atoms with Crippen LogP contribution in [0.15, 0.2) is 0 Å². The van der Waals surface area contributed by atoms with Gasteiger partial charge in [0.25, 0.3) is 5.91 Å². The van der Waals surface area contributed by atoms with E-state index in [1.165, 1.54) is 0 Å². The van der Waals surface area contributed by atoms with Crippen LogP contribution in [0.5, 0.6) is 0 Å². The minimum absolute atomic E-state index is 0.0422. The van der Waals surface area contributed by atoms with Crippen molar-refractivity contribution >= 4 is 11.9 Å². The van der Waals surface area contributed by atoms with E-state index in [0.29, 0.717) is 19.3 Å². The number of carbonyl (C=O) groups is 2. The van der Waals surface area contributed by atoms with Crippen LogP contribution in [0, 0.1) is 0 Å². The summed E-state index contributed by atoms with van der Waals surface area (Å²) < 4.78 is 0. The van der Waals surface area contributed by atoms with Crippen LogP contribution in [-0.2, 0) is 9.59 Å². The maximum atomic E-state index is 11.5. The number of aliphatic carboxylic acids is 1. The molecule has 1 amide bonds. The highest BCUT2D eigenvalue weighted by atomic mass is 16.4. The van der Waals surface area contributed by atoms with Gasteiger partial charge in [-0.3, -0.25) is 9.59 Å². The lowest BCUT2D eigenvalue weighted by atomic mass is 10.0.